The Morgan fingerprint density at radius 1 is 1.50 bits per heavy atom. The van der Waals surface area contributed by atoms with E-state index in [9.17, 15) is 0 Å². The number of rotatable bonds is 6. The van der Waals surface area contributed by atoms with E-state index in [-0.39, 0.29) is 5.60 Å². The first-order valence-electron chi connectivity index (χ1n) is 5.04. The molecule has 2 N–H and O–H groups in total. The minimum atomic E-state index is -0.0745. The van der Waals surface area contributed by atoms with Crippen LogP contribution in [0.5, 0.6) is 0 Å². The molecule has 12 heavy (non-hydrogen) atoms. The fourth-order valence-corrected chi connectivity index (χ4v) is 1.18. The Hall–Kier alpha value is -0.0800. The van der Waals surface area contributed by atoms with Crippen molar-refractivity contribution in [3.63, 3.8) is 0 Å². The van der Waals surface area contributed by atoms with Crippen LogP contribution in [0.3, 0.4) is 0 Å². The smallest absolute Gasteiger partial charge is 0.0773 e. The van der Waals surface area contributed by atoms with E-state index in [2.05, 4.69) is 13.8 Å². The first-order chi connectivity index (χ1) is 5.70. The molecule has 0 amide bonds. The van der Waals surface area contributed by atoms with E-state index in [0.717, 1.165) is 18.9 Å². The number of ether oxygens (including phenoxy) is 1. The average Bonchev–Trinajstić information content (AvgIpc) is 2.88. The van der Waals surface area contributed by atoms with Crippen LogP contribution < -0.4 is 5.73 Å². The molecule has 0 heterocycles. The van der Waals surface area contributed by atoms with Gasteiger partial charge in [0.2, 0.25) is 0 Å². The predicted octanol–water partition coefficient (Wildman–Crippen LogP) is 1.93. The second kappa shape index (κ2) is 4.24. The van der Waals surface area contributed by atoms with Crippen LogP contribution in [0, 0.1) is 5.92 Å². The van der Waals surface area contributed by atoms with E-state index in [0.29, 0.717) is 6.54 Å². The summed E-state index contributed by atoms with van der Waals surface area (Å²) in [6.45, 7) is 5.75. The molecule has 1 aliphatic carbocycles. The summed E-state index contributed by atoms with van der Waals surface area (Å²) in [5.41, 5.74) is 5.55. The Morgan fingerprint density at radius 3 is 2.58 bits per heavy atom. The molecule has 0 aromatic carbocycles. The largest absolute Gasteiger partial charge is 0.374 e. The average molecular weight is 171 g/mol. The minimum Gasteiger partial charge on any atom is -0.374 e. The molecule has 0 bridgehead atoms. The van der Waals surface area contributed by atoms with Crippen LogP contribution in [0.4, 0.5) is 0 Å². The van der Waals surface area contributed by atoms with Gasteiger partial charge in [0, 0.05) is 13.2 Å². The van der Waals surface area contributed by atoms with Crippen molar-refractivity contribution in [2.24, 2.45) is 11.7 Å². The lowest BCUT2D eigenvalue weighted by Crippen LogP contribution is -2.37. The van der Waals surface area contributed by atoms with Crippen LogP contribution in [0.1, 0.15) is 39.5 Å². The molecule has 72 valence electrons. The third kappa shape index (κ3) is 3.11. The molecule has 1 atom stereocenters. The number of hydrogen-bond donors (Lipinski definition) is 1. The van der Waals surface area contributed by atoms with Gasteiger partial charge in [0.1, 0.15) is 0 Å². The highest BCUT2D eigenvalue weighted by Gasteiger charge is 2.24. The van der Waals surface area contributed by atoms with E-state index in [1.54, 1.807) is 0 Å². The summed E-state index contributed by atoms with van der Waals surface area (Å²) in [5, 5.41) is 0. The second-order valence-corrected chi connectivity index (χ2v) is 4.09. The van der Waals surface area contributed by atoms with Crippen molar-refractivity contribution in [2.75, 3.05) is 13.2 Å². The Labute approximate surface area is 75.5 Å². The fourth-order valence-electron chi connectivity index (χ4n) is 1.18. The zero-order chi connectivity index (χ0) is 9.03. The van der Waals surface area contributed by atoms with Crippen LogP contribution >= 0.6 is 0 Å². The van der Waals surface area contributed by atoms with E-state index in [1.807, 2.05) is 0 Å². The van der Waals surface area contributed by atoms with Crippen molar-refractivity contribution < 1.29 is 4.74 Å². The second-order valence-electron chi connectivity index (χ2n) is 4.09. The summed E-state index contributed by atoms with van der Waals surface area (Å²) in [7, 11) is 0. The van der Waals surface area contributed by atoms with E-state index in [4.69, 9.17) is 10.5 Å². The van der Waals surface area contributed by atoms with E-state index < -0.39 is 0 Å². The predicted molar refractivity (Wildman–Crippen MR) is 51.0 cm³/mol. The summed E-state index contributed by atoms with van der Waals surface area (Å²) in [5.74, 6) is 0.962. The van der Waals surface area contributed by atoms with Crippen LogP contribution in [-0.4, -0.2) is 18.8 Å². The Morgan fingerprint density at radius 2 is 2.17 bits per heavy atom. The van der Waals surface area contributed by atoms with Gasteiger partial charge in [-0.2, -0.15) is 0 Å². The van der Waals surface area contributed by atoms with E-state index in [1.165, 1.54) is 19.3 Å². The van der Waals surface area contributed by atoms with Crippen molar-refractivity contribution in [1.82, 2.24) is 0 Å². The standard InChI is InChI=1S/C10H21NO/c1-3-10(2,8-11)12-7-6-9-4-5-9/h9H,3-8,11H2,1-2H3. The van der Waals surface area contributed by atoms with Gasteiger partial charge in [0.25, 0.3) is 0 Å². The van der Waals surface area contributed by atoms with Gasteiger partial charge in [-0.1, -0.05) is 19.8 Å². The van der Waals surface area contributed by atoms with Gasteiger partial charge in [0.15, 0.2) is 0 Å². The lowest BCUT2D eigenvalue weighted by atomic mass is 10.0. The van der Waals surface area contributed by atoms with Crippen molar-refractivity contribution in [3.8, 4) is 0 Å². The fraction of sp³-hybridized carbons (Fsp3) is 1.00. The van der Waals surface area contributed by atoms with Gasteiger partial charge >= 0.3 is 0 Å². The van der Waals surface area contributed by atoms with Crippen molar-refractivity contribution in [2.45, 2.75) is 45.1 Å². The third-order valence-electron chi connectivity index (χ3n) is 2.85. The van der Waals surface area contributed by atoms with Crippen LogP contribution in [0.25, 0.3) is 0 Å². The maximum absolute atomic E-state index is 5.75. The van der Waals surface area contributed by atoms with Crippen molar-refractivity contribution >= 4 is 0 Å². The SMILES string of the molecule is CCC(C)(CN)OCCC1CC1. The molecule has 0 aromatic rings. The van der Waals surface area contributed by atoms with Gasteiger partial charge in [-0.05, 0) is 25.7 Å². The van der Waals surface area contributed by atoms with Gasteiger partial charge < -0.3 is 10.5 Å². The Bertz CT molecular complexity index is 128. The molecule has 2 nitrogen and oxygen atoms in total. The monoisotopic (exact) mass is 171 g/mol. The van der Waals surface area contributed by atoms with E-state index >= 15 is 0 Å². The summed E-state index contributed by atoms with van der Waals surface area (Å²) in [6.07, 6.45) is 5.06. The summed E-state index contributed by atoms with van der Waals surface area (Å²) < 4.78 is 5.75. The Kier molecular flexibility index (Phi) is 3.53. The highest BCUT2D eigenvalue weighted by atomic mass is 16.5. The molecule has 1 unspecified atom stereocenters. The topological polar surface area (TPSA) is 35.2 Å². The third-order valence-corrected chi connectivity index (χ3v) is 2.85. The molecular weight excluding hydrogens is 150 g/mol. The lowest BCUT2D eigenvalue weighted by Gasteiger charge is -2.26. The minimum absolute atomic E-state index is 0.0745. The zero-order valence-corrected chi connectivity index (χ0v) is 8.31. The highest BCUT2D eigenvalue weighted by molar-refractivity contribution is 4.76. The maximum atomic E-state index is 5.75. The zero-order valence-electron chi connectivity index (χ0n) is 8.31. The molecule has 0 aliphatic heterocycles. The summed E-state index contributed by atoms with van der Waals surface area (Å²) in [6, 6.07) is 0. The molecule has 1 saturated carbocycles. The first kappa shape index (κ1) is 10.0. The normalized spacial score (nSPS) is 22.2. The molecule has 0 aromatic heterocycles. The molecule has 0 radical (unpaired) electrons. The van der Waals surface area contributed by atoms with Crippen LogP contribution in [-0.2, 0) is 4.74 Å². The molecule has 0 saturated heterocycles. The summed E-state index contributed by atoms with van der Waals surface area (Å²) in [4.78, 5) is 0. The first-order valence-corrected chi connectivity index (χ1v) is 5.04. The molecule has 0 spiro atoms. The van der Waals surface area contributed by atoms with Gasteiger partial charge in [0.05, 0.1) is 5.60 Å². The quantitative estimate of drug-likeness (QED) is 0.662. The maximum Gasteiger partial charge on any atom is 0.0773 e. The van der Waals surface area contributed by atoms with Gasteiger partial charge in [-0.15, -0.1) is 0 Å². The van der Waals surface area contributed by atoms with Crippen LogP contribution in [0.2, 0.25) is 0 Å². The number of nitrogens with two attached hydrogens (primary N) is 1. The molecule has 1 fully saturated rings. The highest BCUT2D eigenvalue weighted by Crippen LogP contribution is 2.32. The molecule has 2 heteroatoms. The lowest BCUT2D eigenvalue weighted by molar-refractivity contribution is -0.0298. The summed E-state index contributed by atoms with van der Waals surface area (Å²) >= 11 is 0. The molecular formula is C10H21NO. The molecule has 1 rings (SSSR count). The van der Waals surface area contributed by atoms with Gasteiger partial charge in [-0.25, -0.2) is 0 Å². The van der Waals surface area contributed by atoms with Crippen molar-refractivity contribution in [3.05, 3.63) is 0 Å². The van der Waals surface area contributed by atoms with Gasteiger partial charge in [-0.3, -0.25) is 0 Å². The van der Waals surface area contributed by atoms with Crippen molar-refractivity contribution in [1.29, 1.82) is 0 Å². The number of hydrogen-bond acceptors (Lipinski definition) is 2. The molecule has 1 aliphatic rings. The van der Waals surface area contributed by atoms with Crippen LogP contribution in [0.15, 0.2) is 0 Å². The Balaban J connectivity index is 2.08.